The van der Waals surface area contributed by atoms with Gasteiger partial charge in [-0.25, -0.2) is 9.48 Å². The number of azo groups is 1. The van der Waals surface area contributed by atoms with E-state index in [1.54, 1.807) is 0 Å². The normalized spacial score (nSPS) is 12.3. The number of benzene rings is 2. The van der Waals surface area contributed by atoms with Gasteiger partial charge >= 0.3 is 5.97 Å². The molecule has 14 nitrogen and oxygen atoms in total. The van der Waals surface area contributed by atoms with Gasteiger partial charge in [0.2, 0.25) is 0 Å². The molecule has 0 unspecified atom stereocenters. The first-order valence-corrected chi connectivity index (χ1v) is 11.1. The smallest absolute Gasteiger partial charge is 0.356 e. The number of hydrogen-bond donors (Lipinski definition) is 5. The minimum Gasteiger partial charge on any atom is -0.476 e. The van der Waals surface area contributed by atoms with E-state index in [0.29, 0.717) is 4.68 Å². The highest BCUT2D eigenvalue weighted by Gasteiger charge is 2.25. The quantitative estimate of drug-likeness (QED) is 0.192. The Morgan fingerprint density at radius 3 is 2.19 bits per heavy atom. The largest absolute Gasteiger partial charge is 0.476 e. The van der Waals surface area contributed by atoms with Crippen molar-refractivity contribution in [3.05, 3.63) is 58.5 Å². The Balaban J connectivity index is 2.26. The molecule has 168 valence electrons. The summed E-state index contributed by atoms with van der Waals surface area (Å²) in [6.07, 6.45) is 0. The van der Waals surface area contributed by atoms with E-state index in [2.05, 4.69) is 15.3 Å². The maximum absolute atomic E-state index is 12.8. The van der Waals surface area contributed by atoms with Gasteiger partial charge in [0.25, 0.3) is 25.8 Å². The average Bonchev–Trinajstić information content (AvgIpc) is 3.01. The van der Waals surface area contributed by atoms with Gasteiger partial charge in [0, 0.05) is 5.69 Å². The molecule has 1 heterocycles. The molecule has 0 amide bonds. The zero-order valence-electron chi connectivity index (χ0n) is 15.6. The van der Waals surface area contributed by atoms with Gasteiger partial charge in [-0.1, -0.05) is 12.1 Å². The van der Waals surface area contributed by atoms with Gasteiger partial charge < -0.3 is 10.8 Å². The van der Waals surface area contributed by atoms with Crippen LogP contribution in [-0.4, -0.2) is 46.8 Å². The number of aromatic carboxylic acids is 1. The number of aromatic nitrogens is 2. The fraction of sp³-hybridized carbons (Fsp3) is 0. The summed E-state index contributed by atoms with van der Waals surface area (Å²) in [4.78, 5) is 23.0. The van der Waals surface area contributed by atoms with Crippen LogP contribution in [0.15, 0.2) is 67.3 Å². The van der Waals surface area contributed by atoms with Crippen LogP contribution in [0.3, 0.4) is 0 Å². The van der Waals surface area contributed by atoms with Crippen molar-refractivity contribution >= 4 is 43.3 Å². The van der Waals surface area contributed by atoms with Crippen molar-refractivity contribution in [2.75, 3.05) is 5.73 Å². The van der Waals surface area contributed by atoms with Crippen LogP contribution in [0.2, 0.25) is 0 Å². The van der Waals surface area contributed by atoms with Crippen LogP contribution in [0.5, 0.6) is 0 Å². The van der Waals surface area contributed by atoms with Gasteiger partial charge in [-0.15, -0.1) is 10.2 Å². The summed E-state index contributed by atoms with van der Waals surface area (Å²) in [6, 6.07) is 7.78. The summed E-state index contributed by atoms with van der Waals surface area (Å²) >= 11 is 0. The maximum atomic E-state index is 12.8. The van der Waals surface area contributed by atoms with E-state index in [4.69, 9.17) is 5.73 Å². The lowest BCUT2D eigenvalue weighted by atomic mass is 10.3. The molecule has 0 atom stereocenters. The molecule has 0 saturated carbocycles. The van der Waals surface area contributed by atoms with Crippen LogP contribution >= 0.6 is 0 Å². The Labute approximate surface area is 179 Å². The van der Waals surface area contributed by atoms with Crippen LogP contribution < -0.4 is 11.3 Å². The van der Waals surface area contributed by atoms with E-state index in [1.807, 2.05) is 0 Å². The van der Waals surface area contributed by atoms with E-state index in [0.717, 1.165) is 30.3 Å². The number of H-pyrrole nitrogens is 1. The fourth-order valence-corrected chi connectivity index (χ4v) is 3.91. The van der Waals surface area contributed by atoms with E-state index in [-0.39, 0.29) is 5.69 Å². The SMILES string of the molecule is Nc1ccc(S(=O)(=O)O)c(-n2[nH]c(C(=O)O)c(N=Nc3ccccc3S(=O)(=O)O)c2=O)c1. The molecule has 3 aromatic rings. The number of anilines is 1. The molecule has 0 aliphatic heterocycles. The third-order valence-electron chi connectivity index (χ3n) is 3.98. The number of carbonyl (C=O) groups is 1. The molecule has 0 aliphatic rings. The van der Waals surface area contributed by atoms with Crippen LogP contribution in [-0.2, 0) is 20.2 Å². The Kier molecular flexibility index (Phi) is 5.71. The molecular formula is C16H13N5O9S2. The second-order valence-corrected chi connectivity index (χ2v) is 8.91. The second-order valence-electron chi connectivity index (χ2n) is 6.13. The number of aromatic amines is 1. The standard InChI is InChI=1S/C16H13N5O9S2/c17-8-5-6-12(32(28,29)30)10(7-8)21-15(22)13(14(20-21)16(23)24)19-18-9-3-1-2-4-11(9)31(25,26)27/h1-7,20H,17H2,(H,23,24)(H,25,26,27)(H,28,29,30). The van der Waals surface area contributed by atoms with Gasteiger partial charge in [-0.2, -0.15) is 16.8 Å². The molecule has 0 spiro atoms. The Bertz CT molecular complexity index is 1540. The van der Waals surface area contributed by atoms with E-state index < -0.39 is 64.3 Å². The van der Waals surface area contributed by atoms with Gasteiger partial charge in [0.15, 0.2) is 11.4 Å². The number of carboxylic acid groups (broad SMARTS) is 1. The lowest BCUT2D eigenvalue weighted by Gasteiger charge is -2.08. The molecule has 0 aliphatic carbocycles. The van der Waals surface area contributed by atoms with Gasteiger partial charge in [-0.3, -0.25) is 19.0 Å². The van der Waals surface area contributed by atoms with Crippen LogP contribution in [0.1, 0.15) is 10.5 Å². The first-order chi connectivity index (χ1) is 14.8. The maximum Gasteiger partial charge on any atom is 0.356 e. The number of hydrogen-bond acceptors (Lipinski definition) is 9. The molecule has 16 heteroatoms. The highest BCUT2D eigenvalue weighted by molar-refractivity contribution is 7.86. The third-order valence-corrected chi connectivity index (χ3v) is 5.78. The van der Waals surface area contributed by atoms with Crippen molar-refractivity contribution in [1.82, 2.24) is 9.78 Å². The van der Waals surface area contributed by atoms with Crippen LogP contribution in [0, 0.1) is 0 Å². The summed E-state index contributed by atoms with van der Waals surface area (Å²) in [5.74, 6) is -1.69. The molecule has 0 radical (unpaired) electrons. The Morgan fingerprint density at radius 2 is 1.59 bits per heavy atom. The summed E-state index contributed by atoms with van der Waals surface area (Å²) in [6.45, 7) is 0. The third kappa shape index (κ3) is 4.42. The number of carboxylic acids is 1. The zero-order valence-corrected chi connectivity index (χ0v) is 17.2. The number of nitrogens with zero attached hydrogens (tertiary/aromatic N) is 3. The van der Waals surface area contributed by atoms with Crippen molar-refractivity contribution in [3.8, 4) is 5.69 Å². The molecular weight excluding hydrogens is 470 g/mol. The van der Waals surface area contributed by atoms with Gasteiger partial charge in [-0.05, 0) is 30.3 Å². The number of nitrogen functional groups attached to an aromatic ring is 1. The highest BCUT2D eigenvalue weighted by Crippen LogP contribution is 2.27. The highest BCUT2D eigenvalue weighted by atomic mass is 32.2. The Hall–Kier alpha value is -3.86. The Morgan fingerprint density at radius 1 is 0.969 bits per heavy atom. The topological polar surface area (TPSA) is 235 Å². The van der Waals surface area contributed by atoms with Crippen molar-refractivity contribution in [2.24, 2.45) is 10.2 Å². The molecule has 1 aromatic heterocycles. The van der Waals surface area contributed by atoms with Crippen molar-refractivity contribution in [3.63, 3.8) is 0 Å². The number of nitrogens with two attached hydrogens (primary N) is 1. The number of nitrogens with one attached hydrogen (secondary N) is 1. The molecule has 6 N–H and O–H groups in total. The summed E-state index contributed by atoms with van der Waals surface area (Å²) in [5.41, 5.74) is 1.83. The van der Waals surface area contributed by atoms with Crippen molar-refractivity contribution < 1.29 is 35.8 Å². The molecule has 0 saturated heterocycles. The van der Waals surface area contributed by atoms with E-state index in [1.165, 1.54) is 12.1 Å². The minimum absolute atomic E-state index is 0.0176. The lowest BCUT2D eigenvalue weighted by Crippen LogP contribution is -2.17. The lowest BCUT2D eigenvalue weighted by molar-refractivity contribution is 0.0690. The fourth-order valence-electron chi connectivity index (χ4n) is 2.63. The van der Waals surface area contributed by atoms with Gasteiger partial charge in [0.05, 0.1) is 5.69 Å². The zero-order chi connectivity index (χ0) is 23.8. The first-order valence-electron chi connectivity index (χ1n) is 8.24. The predicted molar refractivity (Wildman–Crippen MR) is 108 cm³/mol. The molecule has 0 fully saturated rings. The summed E-state index contributed by atoms with van der Waals surface area (Å²) in [5, 5.41) is 18.6. The van der Waals surface area contributed by atoms with Crippen molar-refractivity contribution in [2.45, 2.75) is 9.79 Å². The molecule has 32 heavy (non-hydrogen) atoms. The summed E-state index contributed by atoms with van der Waals surface area (Å²) in [7, 11) is -9.56. The molecule has 0 bridgehead atoms. The number of rotatable bonds is 6. The average molecular weight is 483 g/mol. The molecule has 2 aromatic carbocycles. The monoisotopic (exact) mass is 483 g/mol. The van der Waals surface area contributed by atoms with Crippen molar-refractivity contribution in [1.29, 1.82) is 0 Å². The predicted octanol–water partition coefficient (Wildman–Crippen LogP) is 1.35. The summed E-state index contributed by atoms with van der Waals surface area (Å²) < 4.78 is 65.4. The molecule has 3 rings (SSSR count). The first kappa shape index (κ1) is 22.8. The van der Waals surface area contributed by atoms with Crippen LogP contribution in [0.25, 0.3) is 5.69 Å². The van der Waals surface area contributed by atoms with Gasteiger partial charge in [0.1, 0.15) is 15.5 Å². The van der Waals surface area contributed by atoms with E-state index in [9.17, 15) is 40.6 Å². The van der Waals surface area contributed by atoms with E-state index >= 15 is 0 Å². The van der Waals surface area contributed by atoms with Crippen LogP contribution in [0.4, 0.5) is 17.1 Å². The minimum atomic E-state index is -4.85. The second kappa shape index (κ2) is 8.00.